The maximum absolute atomic E-state index is 6.49. The summed E-state index contributed by atoms with van der Waals surface area (Å²) in [5.41, 5.74) is 12.2. The van der Waals surface area contributed by atoms with Crippen molar-refractivity contribution in [2.75, 3.05) is 4.90 Å². The molecule has 12 rings (SSSR count). The number of thiophene rings is 2. The first-order chi connectivity index (χ1) is 28.7. The molecule has 0 unspecified atom stereocenters. The molecule has 0 saturated carbocycles. The zero-order valence-corrected chi connectivity index (χ0v) is 32.9. The van der Waals surface area contributed by atoms with E-state index in [0.717, 1.165) is 61.3 Å². The summed E-state index contributed by atoms with van der Waals surface area (Å²) in [4.78, 5) is 2.38. The van der Waals surface area contributed by atoms with Crippen LogP contribution in [0.15, 0.2) is 205 Å². The normalized spacial score (nSPS) is 11.8. The molecule has 12 aromatic rings. The number of anilines is 3. The molecule has 3 heterocycles. The van der Waals surface area contributed by atoms with E-state index in [9.17, 15) is 0 Å². The van der Waals surface area contributed by atoms with Crippen LogP contribution in [0.25, 0.3) is 95.7 Å². The third kappa shape index (κ3) is 5.37. The van der Waals surface area contributed by atoms with Crippen molar-refractivity contribution < 1.29 is 4.42 Å². The van der Waals surface area contributed by atoms with Crippen LogP contribution in [-0.4, -0.2) is 0 Å². The number of nitrogens with zero attached hydrogens (tertiary/aromatic N) is 1. The van der Waals surface area contributed by atoms with Gasteiger partial charge in [-0.05, 0) is 94.5 Å². The second kappa shape index (κ2) is 13.3. The summed E-state index contributed by atoms with van der Waals surface area (Å²) in [5, 5.41) is 7.50. The van der Waals surface area contributed by atoms with Crippen LogP contribution in [0.1, 0.15) is 0 Å². The molecule has 272 valence electrons. The third-order valence-corrected chi connectivity index (χ3v) is 13.8. The predicted octanol–water partition coefficient (Wildman–Crippen LogP) is 16.8. The van der Waals surface area contributed by atoms with Crippen LogP contribution in [0, 0.1) is 0 Å². The molecule has 4 heteroatoms. The summed E-state index contributed by atoms with van der Waals surface area (Å²) in [6.07, 6.45) is 0. The fourth-order valence-corrected chi connectivity index (χ4v) is 11.0. The molecular weight excluding hydrogens is 743 g/mol. The highest BCUT2D eigenvalue weighted by atomic mass is 32.1. The van der Waals surface area contributed by atoms with Crippen LogP contribution in [0.2, 0.25) is 0 Å². The molecule has 9 aromatic carbocycles. The number of fused-ring (bicyclic) bond motifs is 9. The number of hydrogen-bond acceptors (Lipinski definition) is 4. The molecule has 0 spiro atoms. The SMILES string of the molecule is c1ccc(-c2cccc3c2oc2ccc(-c4ccc(N(c5ccc(-c6cccc7sc8ccccc8c67)cc5)c5ccc6c(c5)sc5ccccc56)cc4)cc23)cc1. The molecule has 0 amide bonds. The molecule has 0 aliphatic heterocycles. The standard InChI is InChI=1S/C54H33NOS2/c1-2-10-35(11-3-1)42-15-8-16-45-47-32-37(24-31-48(47)56-54(42)45)34-20-25-38(26-21-34)55(40-29-30-44-43-12-4-6-17-49(43)58-52(44)33-40)39-27-22-36(23-28-39)41-14-9-19-51-53(41)46-13-5-7-18-50(46)57-51/h1-33H. The zero-order chi connectivity index (χ0) is 38.2. The highest BCUT2D eigenvalue weighted by molar-refractivity contribution is 7.26. The lowest BCUT2D eigenvalue weighted by molar-refractivity contribution is 0.670. The minimum atomic E-state index is 0.897. The first-order valence-electron chi connectivity index (χ1n) is 19.6. The summed E-state index contributed by atoms with van der Waals surface area (Å²) in [6.45, 7) is 0. The van der Waals surface area contributed by atoms with Gasteiger partial charge in [-0.25, -0.2) is 0 Å². The van der Waals surface area contributed by atoms with Crippen molar-refractivity contribution in [3.8, 4) is 33.4 Å². The van der Waals surface area contributed by atoms with Gasteiger partial charge in [-0.3, -0.25) is 0 Å². The van der Waals surface area contributed by atoms with Crippen molar-refractivity contribution in [2.45, 2.75) is 0 Å². The fraction of sp³-hybridized carbons (Fsp3) is 0. The van der Waals surface area contributed by atoms with Gasteiger partial charge in [0.15, 0.2) is 0 Å². The van der Waals surface area contributed by atoms with Crippen LogP contribution in [-0.2, 0) is 0 Å². The van der Waals surface area contributed by atoms with E-state index in [-0.39, 0.29) is 0 Å². The summed E-state index contributed by atoms with van der Waals surface area (Å²) in [6, 6.07) is 72.6. The maximum Gasteiger partial charge on any atom is 0.143 e. The monoisotopic (exact) mass is 775 g/mol. The van der Waals surface area contributed by atoms with Crippen LogP contribution in [0.4, 0.5) is 17.1 Å². The first kappa shape index (κ1) is 33.2. The van der Waals surface area contributed by atoms with Crippen molar-refractivity contribution in [1.29, 1.82) is 0 Å². The quantitative estimate of drug-likeness (QED) is 0.167. The smallest absolute Gasteiger partial charge is 0.143 e. The van der Waals surface area contributed by atoms with E-state index < -0.39 is 0 Å². The molecule has 0 saturated heterocycles. The average Bonchev–Trinajstić information content (AvgIpc) is 3.98. The number of furan rings is 1. The zero-order valence-electron chi connectivity index (χ0n) is 31.2. The van der Waals surface area contributed by atoms with Crippen molar-refractivity contribution >= 4 is 102 Å². The van der Waals surface area contributed by atoms with Crippen LogP contribution in [0.3, 0.4) is 0 Å². The fourth-order valence-electron chi connectivity index (χ4n) is 8.73. The van der Waals surface area contributed by atoms with E-state index in [1.807, 2.05) is 28.7 Å². The molecule has 58 heavy (non-hydrogen) atoms. The number of hydrogen-bond donors (Lipinski definition) is 0. The highest BCUT2D eigenvalue weighted by Gasteiger charge is 2.18. The van der Waals surface area contributed by atoms with Gasteiger partial charge in [0, 0.05) is 73.7 Å². The van der Waals surface area contributed by atoms with Crippen LogP contribution < -0.4 is 4.90 Å². The van der Waals surface area contributed by atoms with Crippen molar-refractivity contribution in [2.24, 2.45) is 0 Å². The molecule has 3 aromatic heterocycles. The largest absolute Gasteiger partial charge is 0.455 e. The van der Waals surface area contributed by atoms with E-state index in [0.29, 0.717) is 0 Å². The van der Waals surface area contributed by atoms with Crippen LogP contribution in [0.5, 0.6) is 0 Å². The second-order valence-electron chi connectivity index (χ2n) is 14.8. The number of para-hydroxylation sites is 1. The summed E-state index contributed by atoms with van der Waals surface area (Å²) < 4.78 is 11.7. The average molecular weight is 776 g/mol. The Kier molecular flexibility index (Phi) is 7.62. The maximum atomic E-state index is 6.49. The van der Waals surface area contributed by atoms with Gasteiger partial charge >= 0.3 is 0 Å². The van der Waals surface area contributed by atoms with E-state index in [1.54, 1.807) is 0 Å². The highest BCUT2D eigenvalue weighted by Crippen LogP contribution is 2.44. The van der Waals surface area contributed by atoms with Crippen molar-refractivity contribution in [3.63, 3.8) is 0 Å². The van der Waals surface area contributed by atoms with Crippen molar-refractivity contribution in [1.82, 2.24) is 0 Å². The molecule has 2 nitrogen and oxygen atoms in total. The molecule has 0 radical (unpaired) electrons. The Balaban J connectivity index is 0.952. The summed E-state index contributed by atoms with van der Waals surface area (Å²) in [5.74, 6) is 0. The van der Waals surface area contributed by atoms with Gasteiger partial charge in [0.25, 0.3) is 0 Å². The summed E-state index contributed by atoms with van der Waals surface area (Å²) in [7, 11) is 0. The van der Waals surface area contributed by atoms with Crippen LogP contribution >= 0.6 is 22.7 Å². The molecule has 0 bridgehead atoms. The van der Waals surface area contributed by atoms with Gasteiger partial charge in [0.1, 0.15) is 11.2 Å². The Morgan fingerprint density at radius 3 is 1.71 bits per heavy atom. The Labute approximate surface area is 343 Å². The lowest BCUT2D eigenvalue weighted by Gasteiger charge is -2.26. The number of rotatable bonds is 6. The lowest BCUT2D eigenvalue weighted by atomic mass is 9.99. The van der Waals surface area contributed by atoms with Gasteiger partial charge in [0.2, 0.25) is 0 Å². The first-order valence-corrected chi connectivity index (χ1v) is 21.2. The minimum Gasteiger partial charge on any atom is -0.455 e. The molecule has 0 aliphatic rings. The Hall–Kier alpha value is -6.98. The van der Waals surface area contributed by atoms with Gasteiger partial charge in [-0.1, -0.05) is 133 Å². The van der Waals surface area contributed by atoms with Gasteiger partial charge in [0.05, 0.1) is 0 Å². The van der Waals surface area contributed by atoms with Gasteiger partial charge in [-0.15, -0.1) is 22.7 Å². The van der Waals surface area contributed by atoms with Gasteiger partial charge < -0.3 is 9.32 Å². The number of benzene rings is 9. The van der Waals surface area contributed by atoms with E-state index in [1.165, 1.54) is 51.5 Å². The van der Waals surface area contributed by atoms with E-state index in [2.05, 4.69) is 199 Å². The second-order valence-corrected chi connectivity index (χ2v) is 17.0. The lowest BCUT2D eigenvalue weighted by Crippen LogP contribution is -2.09. The predicted molar refractivity (Wildman–Crippen MR) is 250 cm³/mol. The van der Waals surface area contributed by atoms with E-state index >= 15 is 0 Å². The van der Waals surface area contributed by atoms with Gasteiger partial charge in [-0.2, -0.15) is 0 Å². The summed E-state index contributed by atoms with van der Waals surface area (Å²) >= 11 is 3.72. The van der Waals surface area contributed by atoms with E-state index in [4.69, 9.17) is 4.42 Å². The Morgan fingerprint density at radius 1 is 0.328 bits per heavy atom. The molecule has 0 fully saturated rings. The molecule has 0 N–H and O–H groups in total. The Bertz CT molecular complexity index is 3500. The topological polar surface area (TPSA) is 16.4 Å². The van der Waals surface area contributed by atoms with Crippen molar-refractivity contribution in [3.05, 3.63) is 200 Å². The Morgan fingerprint density at radius 2 is 0.897 bits per heavy atom. The minimum absolute atomic E-state index is 0.897. The molecule has 0 aliphatic carbocycles. The third-order valence-electron chi connectivity index (χ3n) is 11.5. The molecule has 0 atom stereocenters. The molecular formula is C54H33NOS2.